The van der Waals surface area contributed by atoms with Crippen molar-refractivity contribution in [3.63, 3.8) is 0 Å². The van der Waals surface area contributed by atoms with Gasteiger partial charge in [0, 0.05) is 17.8 Å². The standard InChI is InChI=1S/C18H16N4O5S/c1-12-9-13(22(24)25)7-8-15(12)19-16(23)11-28-18-21-20-17(27-18)10-26-14-5-3-2-4-6-14/h2-9H,10-11H2,1H3,(H,19,23). The molecule has 0 unspecified atom stereocenters. The fraction of sp³-hybridized carbons (Fsp3) is 0.167. The van der Waals surface area contributed by atoms with Crippen LogP contribution in [0, 0.1) is 17.0 Å². The molecule has 0 bridgehead atoms. The van der Waals surface area contributed by atoms with Gasteiger partial charge in [-0.25, -0.2) is 0 Å². The second-order valence-electron chi connectivity index (χ2n) is 5.66. The molecule has 0 aliphatic carbocycles. The third-order valence-electron chi connectivity index (χ3n) is 3.58. The lowest BCUT2D eigenvalue weighted by Crippen LogP contribution is -2.14. The first-order valence-corrected chi connectivity index (χ1v) is 9.18. The minimum Gasteiger partial charge on any atom is -0.484 e. The Balaban J connectivity index is 1.48. The lowest BCUT2D eigenvalue weighted by atomic mass is 10.2. The topological polar surface area (TPSA) is 120 Å². The van der Waals surface area contributed by atoms with Gasteiger partial charge >= 0.3 is 0 Å². The first-order valence-electron chi connectivity index (χ1n) is 8.19. The van der Waals surface area contributed by atoms with Crippen LogP contribution in [0.25, 0.3) is 0 Å². The maximum atomic E-state index is 12.1. The van der Waals surface area contributed by atoms with Gasteiger partial charge in [0.15, 0.2) is 6.61 Å². The predicted molar refractivity (Wildman–Crippen MR) is 102 cm³/mol. The molecular formula is C18H16N4O5S. The van der Waals surface area contributed by atoms with Crippen LogP contribution in [0.2, 0.25) is 0 Å². The number of para-hydroxylation sites is 1. The van der Waals surface area contributed by atoms with Crippen molar-refractivity contribution in [2.45, 2.75) is 18.8 Å². The largest absolute Gasteiger partial charge is 0.484 e. The van der Waals surface area contributed by atoms with Crippen molar-refractivity contribution in [3.05, 3.63) is 70.1 Å². The molecule has 0 saturated carbocycles. The number of rotatable bonds is 8. The van der Waals surface area contributed by atoms with Gasteiger partial charge in [-0.15, -0.1) is 10.2 Å². The molecule has 0 aliphatic heterocycles. The third kappa shape index (κ3) is 5.30. The van der Waals surface area contributed by atoms with E-state index in [4.69, 9.17) is 9.15 Å². The molecule has 2 aromatic carbocycles. The molecule has 3 aromatic rings. The second kappa shape index (κ2) is 9.00. The van der Waals surface area contributed by atoms with E-state index >= 15 is 0 Å². The van der Waals surface area contributed by atoms with Gasteiger partial charge in [0.25, 0.3) is 16.8 Å². The number of carbonyl (C=O) groups excluding carboxylic acids is 1. The molecule has 3 rings (SSSR count). The summed E-state index contributed by atoms with van der Waals surface area (Å²) in [6, 6.07) is 13.5. The van der Waals surface area contributed by atoms with Crippen molar-refractivity contribution in [2.24, 2.45) is 0 Å². The Morgan fingerprint density at radius 1 is 1.25 bits per heavy atom. The zero-order valence-electron chi connectivity index (χ0n) is 14.8. The molecule has 1 amide bonds. The SMILES string of the molecule is Cc1cc([N+](=O)[O-])ccc1NC(=O)CSc1nnc(COc2ccccc2)o1. The van der Waals surface area contributed by atoms with Crippen LogP contribution in [0.3, 0.4) is 0 Å². The minimum atomic E-state index is -0.483. The molecule has 0 aliphatic rings. The Hall–Kier alpha value is -3.40. The first-order chi connectivity index (χ1) is 13.5. The summed E-state index contributed by atoms with van der Waals surface area (Å²) in [4.78, 5) is 22.4. The first kappa shape index (κ1) is 19.4. The van der Waals surface area contributed by atoms with Crippen molar-refractivity contribution in [1.82, 2.24) is 10.2 Å². The molecule has 9 nitrogen and oxygen atoms in total. The number of thioether (sulfide) groups is 1. The van der Waals surface area contributed by atoms with Gasteiger partial charge in [-0.05, 0) is 30.7 Å². The lowest BCUT2D eigenvalue weighted by molar-refractivity contribution is -0.384. The van der Waals surface area contributed by atoms with E-state index < -0.39 is 4.92 Å². The van der Waals surface area contributed by atoms with E-state index in [-0.39, 0.29) is 29.2 Å². The fourth-order valence-corrected chi connectivity index (χ4v) is 2.81. The number of non-ortho nitro benzene ring substituents is 1. The summed E-state index contributed by atoms with van der Waals surface area (Å²) >= 11 is 1.09. The summed E-state index contributed by atoms with van der Waals surface area (Å²) in [6.07, 6.45) is 0. The number of aryl methyl sites for hydroxylation is 1. The van der Waals surface area contributed by atoms with Crippen LogP contribution in [-0.2, 0) is 11.4 Å². The molecule has 10 heteroatoms. The molecule has 28 heavy (non-hydrogen) atoms. The monoisotopic (exact) mass is 400 g/mol. The maximum absolute atomic E-state index is 12.1. The molecule has 1 N–H and O–H groups in total. The van der Waals surface area contributed by atoms with Gasteiger partial charge in [0.2, 0.25) is 5.91 Å². The number of ether oxygens (including phenoxy) is 1. The van der Waals surface area contributed by atoms with Gasteiger partial charge in [-0.1, -0.05) is 30.0 Å². The number of aromatic nitrogens is 2. The van der Waals surface area contributed by atoms with Crippen LogP contribution >= 0.6 is 11.8 Å². The van der Waals surface area contributed by atoms with Crippen LogP contribution in [0.4, 0.5) is 11.4 Å². The van der Waals surface area contributed by atoms with Gasteiger partial charge in [0.05, 0.1) is 10.7 Å². The number of hydrogen-bond donors (Lipinski definition) is 1. The lowest BCUT2D eigenvalue weighted by Gasteiger charge is -2.07. The highest BCUT2D eigenvalue weighted by molar-refractivity contribution is 7.99. The average molecular weight is 400 g/mol. The van der Waals surface area contributed by atoms with Crippen molar-refractivity contribution >= 4 is 29.0 Å². The third-order valence-corrected chi connectivity index (χ3v) is 4.39. The Bertz CT molecular complexity index is 977. The minimum absolute atomic E-state index is 0.0269. The van der Waals surface area contributed by atoms with Crippen LogP contribution < -0.4 is 10.1 Å². The molecule has 0 radical (unpaired) electrons. The van der Waals surface area contributed by atoms with Crippen LogP contribution in [0.5, 0.6) is 5.75 Å². The zero-order chi connectivity index (χ0) is 19.9. The highest BCUT2D eigenvalue weighted by Crippen LogP contribution is 2.22. The Morgan fingerprint density at radius 2 is 2.04 bits per heavy atom. The van der Waals surface area contributed by atoms with Gasteiger partial charge in [-0.3, -0.25) is 14.9 Å². The van der Waals surface area contributed by atoms with Crippen LogP contribution in [0.1, 0.15) is 11.5 Å². The molecule has 0 fully saturated rings. The van der Waals surface area contributed by atoms with Crippen LogP contribution in [-0.4, -0.2) is 26.8 Å². The molecule has 1 heterocycles. The Kier molecular flexibility index (Phi) is 6.22. The number of nitro groups is 1. The summed E-state index contributed by atoms with van der Waals surface area (Å²) in [7, 11) is 0. The quantitative estimate of drug-likeness (QED) is 0.346. The summed E-state index contributed by atoms with van der Waals surface area (Å²) in [5, 5.41) is 21.5. The van der Waals surface area contributed by atoms with E-state index in [1.807, 2.05) is 30.3 Å². The molecule has 144 valence electrons. The summed E-state index contributed by atoms with van der Waals surface area (Å²) < 4.78 is 10.9. The number of hydrogen-bond acceptors (Lipinski definition) is 8. The van der Waals surface area contributed by atoms with Crippen molar-refractivity contribution in [2.75, 3.05) is 11.1 Å². The van der Waals surface area contributed by atoms with Crippen LogP contribution in [0.15, 0.2) is 58.2 Å². The van der Waals surface area contributed by atoms with Gasteiger partial charge < -0.3 is 14.5 Å². The summed E-state index contributed by atoms with van der Waals surface area (Å²) in [6.45, 7) is 1.82. The normalized spacial score (nSPS) is 10.5. The number of amides is 1. The van der Waals surface area contributed by atoms with Gasteiger partial charge in [0.1, 0.15) is 5.75 Å². The number of nitro benzene ring substituents is 1. The van der Waals surface area contributed by atoms with Crippen molar-refractivity contribution in [1.29, 1.82) is 0 Å². The summed E-state index contributed by atoms with van der Waals surface area (Å²) in [5.41, 5.74) is 1.09. The average Bonchev–Trinajstić information content (AvgIpc) is 3.15. The zero-order valence-corrected chi connectivity index (χ0v) is 15.6. The van der Waals surface area contributed by atoms with E-state index in [2.05, 4.69) is 15.5 Å². The van der Waals surface area contributed by atoms with Crippen molar-refractivity contribution in [3.8, 4) is 5.75 Å². The number of nitrogens with zero attached hydrogens (tertiary/aromatic N) is 3. The number of nitrogens with one attached hydrogen (secondary N) is 1. The highest BCUT2D eigenvalue weighted by atomic mass is 32.2. The molecule has 0 spiro atoms. The highest BCUT2D eigenvalue weighted by Gasteiger charge is 2.13. The Labute approximate surface area is 164 Å². The fourth-order valence-electron chi connectivity index (χ4n) is 2.23. The molecule has 1 aromatic heterocycles. The maximum Gasteiger partial charge on any atom is 0.277 e. The smallest absolute Gasteiger partial charge is 0.277 e. The number of anilines is 1. The second-order valence-corrected chi connectivity index (χ2v) is 6.58. The van der Waals surface area contributed by atoms with E-state index in [0.717, 1.165) is 11.8 Å². The van der Waals surface area contributed by atoms with E-state index in [1.165, 1.54) is 18.2 Å². The number of carbonyl (C=O) groups is 1. The summed E-state index contributed by atoms with van der Waals surface area (Å²) in [5.74, 6) is 0.755. The van der Waals surface area contributed by atoms with E-state index in [9.17, 15) is 14.9 Å². The molecular weight excluding hydrogens is 384 g/mol. The molecule has 0 atom stereocenters. The van der Waals surface area contributed by atoms with E-state index in [0.29, 0.717) is 22.9 Å². The Morgan fingerprint density at radius 3 is 2.75 bits per heavy atom. The van der Waals surface area contributed by atoms with Gasteiger partial charge in [-0.2, -0.15) is 0 Å². The van der Waals surface area contributed by atoms with Crippen molar-refractivity contribution < 1.29 is 18.9 Å². The van der Waals surface area contributed by atoms with E-state index in [1.54, 1.807) is 6.92 Å². The number of benzene rings is 2. The predicted octanol–water partition coefficient (Wildman–Crippen LogP) is 3.60. The molecule has 0 saturated heterocycles.